The standard InChI is InChI=1S/C12H16BrNO3/c1-8-3-4-11(13)10(5-8)12(16)14-9(6-15)7-17-2/h3-5,9,15H,6-7H2,1-2H3,(H,14,16). The molecule has 0 saturated carbocycles. The summed E-state index contributed by atoms with van der Waals surface area (Å²) >= 11 is 3.33. The third-order valence-electron chi connectivity index (χ3n) is 2.29. The Hall–Kier alpha value is -0.910. The van der Waals surface area contributed by atoms with Gasteiger partial charge in [0.25, 0.3) is 5.91 Å². The molecule has 0 bridgehead atoms. The van der Waals surface area contributed by atoms with E-state index in [-0.39, 0.29) is 25.2 Å². The van der Waals surface area contributed by atoms with Crippen molar-refractivity contribution in [2.45, 2.75) is 13.0 Å². The van der Waals surface area contributed by atoms with Gasteiger partial charge in [-0.2, -0.15) is 0 Å². The molecular weight excluding hydrogens is 286 g/mol. The lowest BCUT2D eigenvalue weighted by molar-refractivity contribution is 0.0839. The predicted molar refractivity (Wildman–Crippen MR) is 69.1 cm³/mol. The van der Waals surface area contributed by atoms with Crippen molar-refractivity contribution >= 4 is 21.8 Å². The third kappa shape index (κ3) is 4.11. The fraction of sp³-hybridized carbons (Fsp3) is 0.417. The van der Waals surface area contributed by atoms with Crippen molar-refractivity contribution in [2.75, 3.05) is 20.3 Å². The molecule has 1 rings (SSSR count). The minimum Gasteiger partial charge on any atom is -0.394 e. The largest absolute Gasteiger partial charge is 0.394 e. The monoisotopic (exact) mass is 301 g/mol. The summed E-state index contributed by atoms with van der Waals surface area (Å²) in [5.74, 6) is -0.225. The molecule has 0 aliphatic rings. The molecule has 0 aromatic heterocycles. The van der Waals surface area contributed by atoms with E-state index >= 15 is 0 Å². The number of benzene rings is 1. The summed E-state index contributed by atoms with van der Waals surface area (Å²) in [5, 5.41) is 11.8. The SMILES string of the molecule is COCC(CO)NC(=O)c1cc(C)ccc1Br. The lowest BCUT2D eigenvalue weighted by Gasteiger charge is -2.16. The topological polar surface area (TPSA) is 58.6 Å². The molecule has 1 aromatic rings. The number of hydrogen-bond acceptors (Lipinski definition) is 3. The number of carbonyl (C=O) groups is 1. The summed E-state index contributed by atoms with van der Waals surface area (Å²) in [5.41, 5.74) is 1.56. The minimum atomic E-state index is -0.389. The van der Waals surface area contributed by atoms with Gasteiger partial charge in [-0.05, 0) is 35.0 Å². The number of methoxy groups -OCH3 is 1. The molecule has 17 heavy (non-hydrogen) atoms. The highest BCUT2D eigenvalue weighted by atomic mass is 79.9. The number of aliphatic hydroxyl groups excluding tert-OH is 1. The summed E-state index contributed by atoms with van der Waals surface area (Å²) in [7, 11) is 1.53. The van der Waals surface area contributed by atoms with E-state index in [9.17, 15) is 4.79 Å². The van der Waals surface area contributed by atoms with Crippen molar-refractivity contribution in [1.29, 1.82) is 0 Å². The number of halogens is 1. The van der Waals surface area contributed by atoms with Crippen LogP contribution in [0.2, 0.25) is 0 Å². The molecule has 1 atom stereocenters. The van der Waals surface area contributed by atoms with Gasteiger partial charge in [-0.25, -0.2) is 0 Å². The van der Waals surface area contributed by atoms with Gasteiger partial charge in [-0.3, -0.25) is 4.79 Å². The first-order valence-electron chi connectivity index (χ1n) is 5.25. The van der Waals surface area contributed by atoms with Crippen molar-refractivity contribution in [3.8, 4) is 0 Å². The first-order chi connectivity index (χ1) is 8.08. The fourth-order valence-electron chi connectivity index (χ4n) is 1.42. The van der Waals surface area contributed by atoms with Crippen LogP contribution in [0, 0.1) is 6.92 Å². The smallest absolute Gasteiger partial charge is 0.252 e. The van der Waals surface area contributed by atoms with Crippen LogP contribution in [-0.4, -0.2) is 37.4 Å². The number of aryl methyl sites for hydroxylation is 1. The molecule has 4 nitrogen and oxygen atoms in total. The van der Waals surface area contributed by atoms with E-state index in [1.54, 1.807) is 6.07 Å². The molecule has 2 N–H and O–H groups in total. The van der Waals surface area contributed by atoms with Gasteiger partial charge in [-0.1, -0.05) is 11.6 Å². The van der Waals surface area contributed by atoms with Gasteiger partial charge in [-0.15, -0.1) is 0 Å². The highest BCUT2D eigenvalue weighted by molar-refractivity contribution is 9.10. The number of rotatable bonds is 5. The van der Waals surface area contributed by atoms with Crippen molar-refractivity contribution < 1.29 is 14.6 Å². The maximum Gasteiger partial charge on any atom is 0.252 e. The second kappa shape index (κ2) is 6.74. The summed E-state index contributed by atoms with van der Waals surface area (Å²) in [4.78, 5) is 12.0. The van der Waals surface area contributed by atoms with Crippen molar-refractivity contribution in [3.05, 3.63) is 33.8 Å². The molecule has 0 heterocycles. The number of ether oxygens (including phenoxy) is 1. The number of nitrogens with one attached hydrogen (secondary N) is 1. The van der Waals surface area contributed by atoms with Gasteiger partial charge in [0.05, 0.1) is 24.8 Å². The zero-order chi connectivity index (χ0) is 12.8. The Morgan fingerprint density at radius 1 is 1.59 bits per heavy atom. The van der Waals surface area contributed by atoms with Crippen LogP contribution in [0.5, 0.6) is 0 Å². The Bertz CT molecular complexity index is 395. The molecule has 1 unspecified atom stereocenters. The average Bonchev–Trinajstić information content (AvgIpc) is 2.31. The second-order valence-electron chi connectivity index (χ2n) is 3.79. The first kappa shape index (κ1) is 14.2. The number of amides is 1. The molecule has 0 aliphatic carbocycles. The quantitative estimate of drug-likeness (QED) is 0.866. The predicted octanol–water partition coefficient (Wildman–Crippen LogP) is 1.49. The van der Waals surface area contributed by atoms with E-state index in [1.807, 2.05) is 19.1 Å². The molecule has 94 valence electrons. The van der Waals surface area contributed by atoms with Crippen LogP contribution in [-0.2, 0) is 4.74 Å². The average molecular weight is 302 g/mol. The van der Waals surface area contributed by atoms with Crippen LogP contribution >= 0.6 is 15.9 Å². The van der Waals surface area contributed by atoms with Gasteiger partial charge in [0.15, 0.2) is 0 Å². The Morgan fingerprint density at radius 2 is 2.29 bits per heavy atom. The maximum absolute atomic E-state index is 12.0. The van der Waals surface area contributed by atoms with Gasteiger partial charge in [0.1, 0.15) is 0 Å². The van der Waals surface area contributed by atoms with E-state index in [0.717, 1.165) is 10.0 Å². The zero-order valence-corrected chi connectivity index (χ0v) is 11.5. The Morgan fingerprint density at radius 3 is 2.88 bits per heavy atom. The van der Waals surface area contributed by atoms with Crippen molar-refractivity contribution in [2.24, 2.45) is 0 Å². The van der Waals surface area contributed by atoms with Gasteiger partial charge < -0.3 is 15.2 Å². The third-order valence-corrected chi connectivity index (χ3v) is 2.98. The summed E-state index contributed by atoms with van der Waals surface area (Å²) in [6.07, 6.45) is 0. The molecule has 0 aliphatic heterocycles. The van der Waals surface area contributed by atoms with Crippen LogP contribution in [0.25, 0.3) is 0 Å². The highest BCUT2D eigenvalue weighted by Crippen LogP contribution is 2.18. The van der Waals surface area contributed by atoms with E-state index < -0.39 is 0 Å². The minimum absolute atomic E-state index is 0.150. The normalized spacial score (nSPS) is 12.2. The van der Waals surface area contributed by atoms with Crippen LogP contribution in [0.15, 0.2) is 22.7 Å². The van der Waals surface area contributed by atoms with E-state index in [2.05, 4.69) is 21.2 Å². The summed E-state index contributed by atoms with van der Waals surface area (Å²) in [6, 6.07) is 5.15. The molecule has 0 saturated heterocycles. The van der Waals surface area contributed by atoms with Crippen molar-refractivity contribution in [1.82, 2.24) is 5.32 Å². The van der Waals surface area contributed by atoms with Crippen LogP contribution in [0.4, 0.5) is 0 Å². The van der Waals surface area contributed by atoms with Crippen LogP contribution in [0.1, 0.15) is 15.9 Å². The molecule has 1 aromatic carbocycles. The lowest BCUT2D eigenvalue weighted by Crippen LogP contribution is -2.40. The fourth-order valence-corrected chi connectivity index (χ4v) is 1.84. The molecular formula is C12H16BrNO3. The van der Waals surface area contributed by atoms with Gasteiger partial charge >= 0.3 is 0 Å². The molecule has 0 fully saturated rings. The van der Waals surface area contributed by atoms with Crippen LogP contribution in [0.3, 0.4) is 0 Å². The van der Waals surface area contributed by atoms with Crippen molar-refractivity contribution in [3.63, 3.8) is 0 Å². The second-order valence-corrected chi connectivity index (χ2v) is 4.65. The Balaban J connectivity index is 2.78. The number of aliphatic hydroxyl groups is 1. The Kier molecular flexibility index (Phi) is 5.61. The number of carbonyl (C=O) groups excluding carboxylic acids is 1. The molecule has 1 amide bonds. The highest BCUT2D eigenvalue weighted by Gasteiger charge is 2.15. The zero-order valence-electron chi connectivity index (χ0n) is 9.87. The van der Waals surface area contributed by atoms with Crippen LogP contribution < -0.4 is 5.32 Å². The Labute approximate surface area is 109 Å². The molecule has 5 heteroatoms. The lowest BCUT2D eigenvalue weighted by atomic mass is 10.1. The first-order valence-corrected chi connectivity index (χ1v) is 6.04. The van der Waals surface area contributed by atoms with Gasteiger partial charge in [0.2, 0.25) is 0 Å². The number of hydrogen-bond donors (Lipinski definition) is 2. The molecule has 0 spiro atoms. The summed E-state index contributed by atoms with van der Waals surface area (Å²) in [6.45, 7) is 2.05. The van der Waals surface area contributed by atoms with E-state index in [4.69, 9.17) is 9.84 Å². The van der Waals surface area contributed by atoms with Gasteiger partial charge in [0, 0.05) is 11.6 Å². The summed E-state index contributed by atoms with van der Waals surface area (Å²) < 4.78 is 5.63. The van der Waals surface area contributed by atoms with E-state index in [0.29, 0.717) is 5.56 Å². The molecule has 0 radical (unpaired) electrons. The van der Waals surface area contributed by atoms with E-state index in [1.165, 1.54) is 7.11 Å². The maximum atomic E-state index is 12.0.